The summed E-state index contributed by atoms with van der Waals surface area (Å²) in [5, 5.41) is 3.67. The van der Waals surface area contributed by atoms with E-state index in [1.807, 2.05) is 0 Å². The fraction of sp³-hybridized carbons (Fsp3) is 1.00. The molecule has 17 heavy (non-hydrogen) atoms. The Balaban J connectivity index is 2.43. The Morgan fingerprint density at radius 3 is 2.29 bits per heavy atom. The molecule has 1 saturated carbocycles. The fourth-order valence-corrected chi connectivity index (χ4v) is 2.66. The Kier molecular flexibility index (Phi) is 6.50. The Labute approximate surface area is 108 Å². The standard InChI is InChI=1S/C15H31NO/c1-5-17-12-14-10-8-6-7-9-13(14)11-16-15(2,3)4/h13-14,16H,5-12H2,1-4H3. The van der Waals surface area contributed by atoms with Crippen LogP contribution in [0.3, 0.4) is 0 Å². The van der Waals surface area contributed by atoms with Gasteiger partial charge < -0.3 is 10.1 Å². The molecule has 0 heterocycles. The number of rotatable bonds is 5. The summed E-state index contributed by atoms with van der Waals surface area (Å²) in [7, 11) is 0. The second-order valence-corrected chi connectivity index (χ2v) is 6.45. The lowest BCUT2D eigenvalue weighted by Crippen LogP contribution is -2.41. The normalized spacial score (nSPS) is 26.8. The largest absolute Gasteiger partial charge is 0.381 e. The van der Waals surface area contributed by atoms with Crippen molar-refractivity contribution in [2.75, 3.05) is 19.8 Å². The summed E-state index contributed by atoms with van der Waals surface area (Å²) in [6.45, 7) is 11.8. The van der Waals surface area contributed by atoms with Gasteiger partial charge in [-0.15, -0.1) is 0 Å². The van der Waals surface area contributed by atoms with Crippen molar-refractivity contribution in [3.05, 3.63) is 0 Å². The topological polar surface area (TPSA) is 21.3 Å². The molecular formula is C15H31NO. The van der Waals surface area contributed by atoms with Crippen LogP contribution < -0.4 is 5.32 Å². The maximum absolute atomic E-state index is 5.66. The van der Waals surface area contributed by atoms with Gasteiger partial charge in [-0.05, 0) is 58.9 Å². The van der Waals surface area contributed by atoms with Crippen LogP contribution in [-0.2, 0) is 4.74 Å². The molecule has 0 aromatic rings. The van der Waals surface area contributed by atoms with E-state index in [-0.39, 0.29) is 5.54 Å². The first kappa shape index (κ1) is 15.0. The van der Waals surface area contributed by atoms with Gasteiger partial charge in [0, 0.05) is 18.8 Å². The van der Waals surface area contributed by atoms with Crippen LogP contribution in [0, 0.1) is 11.8 Å². The summed E-state index contributed by atoms with van der Waals surface area (Å²) in [6, 6.07) is 0. The van der Waals surface area contributed by atoms with Crippen molar-refractivity contribution in [2.45, 2.75) is 65.3 Å². The third-order valence-corrected chi connectivity index (χ3v) is 3.75. The Morgan fingerprint density at radius 1 is 1.06 bits per heavy atom. The van der Waals surface area contributed by atoms with Gasteiger partial charge in [0.15, 0.2) is 0 Å². The van der Waals surface area contributed by atoms with Crippen molar-refractivity contribution in [1.29, 1.82) is 0 Å². The monoisotopic (exact) mass is 241 g/mol. The molecule has 0 spiro atoms. The first-order chi connectivity index (χ1) is 8.03. The highest BCUT2D eigenvalue weighted by Crippen LogP contribution is 2.29. The van der Waals surface area contributed by atoms with E-state index in [1.165, 1.54) is 32.1 Å². The minimum atomic E-state index is 0.239. The van der Waals surface area contributed by atoms with Crippen molar-refractivity contribution in [3.8, 4) is 0 Å². The molecule has 1 aliphatic rings. The molecule has 0 amide bonds. The lowest BCUT2D eigenvalue weighted by atomic mass is 9.88. The smallest absolute Gasteiger partial charge is 0.0497 e. The van der Waals surface area contributed by atoms with Gasteiger partial charge >= 0.3 is 0 Å². The van der Waals surface area contributed by atoms with Crippen LogP contribution in [0.25, 0.3) is 0 Å². The van der Waals surface area contributed by atoms with Gasteiger partial charge in [-0.25, -0.2) is 0 Å². The molecule has 1 aliphatic carbocycles. The molecule has 2 atom stereocenters. The van der Waals surface area contributed by atoms with E-state index in [2.05, 4.69) is 33.0 Å². The molecule has 0 bridgehead atoms. The van der Waals surface area contributed by atoms with E-state index in [9.17, 15) is 0 Å². The molecule has 1 N–H and O–H groups in total. The van der Waals surface area contributed by atoms with E-state index >= 15 is 0 Å². The minimum Gasteiger partial charge on any atom is -0.381 e. The Morgan fingerprint density at radius 2 is 1.71 bits per heavy atom. The summed E-state index contributed by atoms with van der Waals surface area (Å²) in [6.07, 6.45) is 6.94. The van der Waals surface area contributed by atoms with E-state index < -0.39 is 0 Å². The molecule has 2 heteroatoms. The predicted octanol–water partition coefficient (Wildman–Crippen LogP) is 3.61. The van der Waals surface area contributed by atoms with Gasteiger partial charge in [-0.1, -0.05) is 19.3 Å². The van der Waals surface area contributed by atoms with E-state index in [0.717, 1.165) is 31.6 Å². The van der Waals surface area contributed by atoms with Crippen molar-refractivity contribution in [1.82, 2.24) is 5.32 Å². The molecule has 0 radical (unpaired) electrons. The van der Waals surface area contributed by atoms with Gasteiger partial charge in [0.05, 0.1) is 0 Å². The molecule has 2 nitrogen and oxygen atoms in total. The molecule has 0 aromatic heterocycles. The first-order valence-corrected chi connectivity index (χ1v) is 7.35. The molecule has 2 unspecified atom stereocenters. The van der Waals surface area contributed by atoms with Gasteiger partial charge in [0.2, 0.25) is 0 Å². The average Bonchev–Trinajstić information content (AvgIpc) is 2.47. The Bertz CT molecular complexity index is 198. The van der Waals surface area contributed by atoms with Crippen molar-refractivity contribution >= 4 is 0 Å². The molecular weight excluding hydrogens is 210 g/mol. The van der Waals surface area contributed by atoms with Crippen LogP contribution in [0.5, 0.6) is 0 Å². The number of hydrogen-bond acceptors (Lipinski definition) is 2. The summed E-state index contributed by atoms with van der Waals surface area (Å²) in [4.78, 5) is 0. The zero-order chi connectivity index (χ0) is 12.7. The van der Waals surface area contributed by atoms with Gasteiger partial charge in [0.1, 0.15) is 0 Å². The summed E-state index contributed by atoms with van der Waals surface area (Å²) < 4.78 is 5.66. The molecule has 0 aromatic carbocycles. The minimum absolute atomic E-state index is 0.239. The highest BCUT2D eigenvalue weighted by Gasteiger charge is 2.24. The summed E-state index contributed by atoms with van der Waals surface area (Å²) in [5.74, 6) is 1.58. The third-order valence-electron chi connectivity index (χ3n) is 3.75. The van der Waals surface area contributed by atoms with E-state index in [1.54, 1.807) is 0 Å². The maximum atomic E-state index is 5.66. The molecule has 102 valence electrons. The van der Waals surface area contributed by atoms with Crippen LogP contribution in [0.2, 0.25) is 0 Å². The molecule has 0 saturated heterocycles. The van der Waals surface area contributed by atoms with Crippen LogP contribution in [0.15, 0.2) is 0 Å². The highest BCUT2D eigenvalue weighted by molar-refractivity contribution is 4.79. The van der Waals surface area contributed by atoms with Crippen molar-refractivity contribution in [2.24, 2.45) is 11.8 Å². The fourth-order valence-electron chi connectivity index (χ4n) is 2.66. The second kappa shape index (κ2) is 7.38. The molecule has 1 fully saturated rings. The maximum Gasteiger partial charge on any atom is 0.0497 e. The first-order valence-electron chi connectivity index (χ1n) is 7.35. The van der Waals surface area contributed by atoms with E-state index in [0.29, 0.717) is 0 Å². The lowest BCUT2D eigenvalue weighted by Gasteiger charge is -2.29. The van der Waals surface area contributed by atoms with Crippen LogP contribution >= 0.6 is 0 Å². The number of hydrogen-bond donors (Lipinski definition) is 1. The summed E-state index contributed by atoms with van der Waals surface area (Å²) >= 11 is 0. The zero-order valence-corrected chi connectivity index (χ0v) is 12.2. The number of nitrogens with one attached hydrogen (secondary N) is 1. The Hall–Kier alpha value is -0.0800. The lowest BCUT2D eigenvalue weighted by molar-refractivity contribution is 0.0799. The average molecular weight is 241 g/mol. The van der Waals surface area contributed by atoms with Crippen LogP contribution in [0.1, 0.15) is 59.8 Å². The van der Waals surface area contributed by atoms with Gasteiger partial charge in [-0.3, -0.25) is 0 Å². The second-order valence-electron chi connectivity index (χ2n) is 6.45. The van der Waals surface area contributed by atoms with Crippen LogP contribution in [-0.4, -0.2) is 25.3 Å². The molecule has 0 aliphatic heterocycles. The highest BCUT2D eigenvalue weighted by atomic mass is 16.5. The van der Waals surface area contributed by atoms with Crippen molar-refractivity contribution < 1.29 is 4.74 Å². The number of ether oxygens (including phenoxy) is 1. The predicted molar refractivity (Wildman–Crippen MR) is 74.3 cm³/mol. The van der Waals surface area contributed by atoms with Gasteiger partial charge in [0.25, 0.3) is 0 Å². The quantitative estimate of drug-likeness (QED) is 0.742. The zero-order valence-electron chi connectivity index (χ0n) is 12.2. The van der Waals surface area contributed by atoms with E-state index in [4.69, 9.17) is 4.74 Å². The SMILES string of the molecule is CCOCC1CCCCCC1CNC(C)(C)C. The third kappa shape index (κ3) is 6.42. The molecule has 1 rings (SSSR count). The van der Waals surface area contributed by atoms with Gasteiger partial charge in [-0.2, -0.15) is 0 Å². The summed E-state index contributed by atoms with van der Waals surface area (Å²) in [5.41, 5.74) is 0.239. The van der Waals surface area contributed by atoms with Crippen LogP contribution in [0.4, 0.5) is 0 Å². The van der Waals surface area contributed by atoms with Crippen molar-refractivity contribution in [3.63, 3.8) is 0 Å².